The van der Waals surface area contributed by atoms with E-state index in [0.717, 1.165) is 36.5 Å². The lowest BCUT2D eigenvalue weighted by molar-refractivity contribution is -0.132. The van der Waals surface area contributed by atoms with Crippen molar-refractivity contribution in [2.45, 2.75) is 123 Å². The smallest absolute Gasteiger partial charge is 0.192 e. The third-order valence-corrected chi connectivity index (χ3v) is 15.3. The summed E-state index contributed by atoms with van der Waals surface area (Å²) in [7, 11) is -1.72. The molecule has 0 amide bonds. The molecule has 0 aromatic carbocycles. The Bertz CT molecular complexity index is 596. The zero-order valence-electron chi connectivity index (χ0n) is 19.7. The Morgan fingerprint density at radius 2 is 1.50 bits per heavy atom. The van der Waals surface area contributed by atoms with Crippen molar-refractivity contribution in [3.8, 4) is 0 Å². The molecule has 0 radical (unpaired) electrons. The number of hydrogen-bond donors (Lipinski definition) is 1. The van der Waals surface area contributed by atoms with Crippen LogP contribution in [0.2, 0.25) is 18.1 Å². The fourth-order valence-electron chi connectivity index (χ4n) is 7.91. The Hall–Kier alpha value is 0.137. The van der Waals surface area contributed by atoms with Crippen LogP contribution in [-0.4, -0.2) is 25.6 Å². The fourth-order valence-corrected chi connectivity index (χ4v) is 9.37. The van der Waals surface area contributed by atoms with Crippen LogP contribution in [0.4, 0.5) is 0 Å². The lowest BCUT2D eigenvalue weighted by Gasteiger charge is -2.61. The van der Waals surface area contributed by atoms with Crippen LogP contribution in [0, 0.1) is 34.5 Å². The first-order valence-corrected chi connectivity index (χ1v) is 15.2. The monoisotopic (exact) mass is 406 g/mol. The summed E-state index contributed by atoms with van der Waals surface area (Å²) < 4.78 is 7.07. The van der Waals surface area contributed by atoms with Crippen LogP contribution in [0.25, 0.3) is 0 Å². The van der Waals surface area contributed by atoms with Gasteiger partial charge in [0.15, 0.2) is 8.32 Å². The van der Waals surface area contributed by atoms with E-state index < -0.39 is 8.32 Å². The summed E-state index contributed by atoms with van der Waals surface area (Å²) in [6, 6.07) is 0. The zero-order chi connectivity index (χ0) is 20.5. The van der Waals surface area contributed by atoms with Crippen LogP contribution < -0.4 is 0 Å². The molecule has 2 nitrogen and oxygen atoms in total. The minimum absolute atomic E-state index is 0.0302. The number of hydrogen-bond acceptors (Lipinski definition) is 2. The topological polar surface area (TPSA) is 29.5 Å². The van der Waals surface area contributed by atoms with E-state index in [0.29, 0.717) is 22.0 Å². The lowest BCUT2D eigenvalue weighted by atomic mass is 9.45. The first-order chi connectivity index (χ1) is 12.9. The van der Waals surface area contributed by atoms with Crippen LogP contribution in [-0.2, 0) is 4.43 Å². The quantitative estimate of drug-likeness (QED) is 0.512. The van der Waals surface area contributed by atoms with Gasteiger partial charge in [-0.15, -0.1) is 0 Å². The van der Waals surface area contributed by atoms with Gasteiger partial charge < -0.3 is 9.53 Å². The predicted molar refractivity (Wildman–Crippen MR) is 120 cm³/mol. The van der Waals surface area contributed by atoms with Crippen molar-refractivity contribution in [3.05, 3.63) is 0 Å². The summed E-state index contributed by atoms with van der Waals surface area (Å²) in [6.07, 6.45) is 12.0. The predicted octanol–water partition coefficient (Wildman–Crippen LogP) is 6.78. The summed E-state index contributed by atoms with van der Waals surface area (Å²) in [6.45, 7) is 17.2. The second-order valence-corrected chi connectivity index (χ2v) is 17.8. The van der Waals surface area contributed by atoms with Crippen LogP contribution in [0.1, 0.15) is 92.4 Å². The molecule has 4 fully saturated rings. The molecule has 8 atom stereocenters. The average Bonchev–Trinajstić information content (AvgIpc) is 2.91. The van der Waals surface area contributed by atoms with E-state index in [4.69, 9.17) is 4.43 Å². The molecule has 4 saturated carbocycles. The van der Waals surface area contributed by atoms with Crippen LogP contribution >= 0.6 is 0 Å². The van der Waals surface area contributed by atoms with E-state index >= 15 is 0 Å². The Morgan fingerprint density at radius 1 is 0.857 bits per heavy atom. The molecule has 0 bridgehead atoms. The average molecular weight is 407 g/mol. The summed E-state index contributed by atoms with van der Waals surface area (Å²) >= 11 is 0. The summed E-state index contributed by atoms with van der Waals surface area (Å²) in [5, 5.41) is 10.5. The first-order valence-electron chi connectivity index (χ1n) is 12.2. The zero-order valence-corrected chi connectivity index (χ0v) is 20.7. The highest BCUT2D eigenvalue weighted by Gasteiger charge is 2.61. The molecule has 4 aliphatic carbocycles. The van der Waals surface area contributed by atoms with Gasteiger partial charge in [-0.1, -0.05) is 34.6 Å². The van der Waals surface area contributed by atoms with Gasteiger partial charge in [0.2, 0.25) is 0 Å². The maximum absolute atomic E-state index is 10.2. The number of rotatable bonds is 2. The molecule has 4 aliphatic rings. The molecule has 0 aromatic heterocycles. The Kier molecular flexibility index (Phi) is 5.21. The molecule has 0 unspecified atom stereocenters. The summed E-state index contributed by atoms with van der Waals surface area (Å²) in [5.41, 5.74) is 0.885. The van der Waals surface area contributed by atoms with Gasteiger partial charge in [-0.2, -0.15) is 0 Å². The Morgan fingerprint density at radius 3 is 2.18 bits per heavy atom. The van der Waals surface area contributed by atoms with Crippen molar-refractivity contribution in [3.63, 3.8) is 0 Å². The molecule has 0 saturated heterocycles. The highest BCUT2D eigenvalue weighted by atomic mass is 28.4. The van der Waals surface area contributed by atoms with Gasteiger partial charge in [0.05, 0.1) is 12.2 Å². The standard InChI is InChI=1S/C25H46O2Si/c1-23(2,3)28(6,7)27-22-11-10-20-19-9-8-17-16-18(26)12-14-24(17,4)21(19)13-15-25(20,22)5/h17-22,26H,8-16H2,1-7H3/t17-,18-,19-,20-,21-,22-,24-,25-/m0/s1. The van der Waals surface area contributed by atoms with Gasteiger partial charge in [0, 0.05) is 0 Å². The molecule has 162 valence electrons. The Labute approximate surface area is 175 Å². The second-order valence-electron chi connectivity index (χ2n) is 13.1. The number of fused-ring (bicyclic) bond motifs is 5. The molecule has 0 aliphatic heterocycles. The number of aliphatic hydroxyl groups excluding tert-OH is 1. The SMILES string of the molecule is CC(C)(C)[Si](C)(C)O[C@H]1CC[C@H]2[C@@H]3CC[C@H]4C[C@@H](O)CC[C@]4(C)[C@H]3CC[C@]12C. The maximum atomic E-state index is 10.2. The molecule has 28 heavy (non-hydrogen) atoms. The molecule has 0 aromatic rings. The minimum atomic E-state index is -1.72. The first kappa shape index (κ1) is 21.4. The van der Waals surface area contributed by atoms with Crippen molar-refractivity contribution >= 4 is 8.32 Å². The highest BCUT2D eigenvalue weighted by molar-refractivity contribution is 6.74. The summed E-state index contributed by atoms with van der Waals surface area (Å²) in [4.78, 5) is 0. The molecule has 4 rings (SSSR count). The normalized spacial score (nSPS) is 49.3. The molecular formula is C25H46O2Si. The molecule has 0 spiro atoms. The van der Waals surface area contributed by atoms with Crippen molar-refractivity contribution in [2.24, 2.45) is 34.5 Å². The van der Waals surface area contributed by atoms with E-state index in [1.54, 1.807) is 0 Å². The third-order valence-electron chi connectivity index (χ3n) is 10.8. The van der Waals surface area contributed by atoms with Gasteiger partial charge in [-0.25, -0.2) is 0 Å². The highest BCUT2D eigenvalue weighted by Crippen LogP contribution is 2.67. The fraction of sp³-hybridized carbons (Fsp3) is 1.00. The molecule has 0 heterocycles. The Balaban J connectivity index is 1.54. The molecule has 3 heteroatoms. The lowest BCUT2D eigenvalue weighted by Crippen LogP contribution is -2.55. The largest absolute Gasteiger partial charge is 0.413 e. The van der Waals surface area contributed by atoms with Crippen LogP contribution in [0.15, 0.2) is 0 Å². The van der Waals surface area contributed by atoms with Crippen LogP contribution in [0.5, 0.6) is 0 Å². The molecular weight excluding hydrogens is 360 g/mol. The molecule has 1 N–H and O–H groups in total. The van der Waals surface area contributed by atoms with E-state index in [-0.39, 0.29) is 6.10 Å². The van der Waals surface area contributed by atoms with Gasteiger partial charge in [-0.3, -0.25) is 0 Å². The van der Waals surface area contributed by atoms with Gasteiger partial charge in [-0.05, 0) is 110 Å². The van der Waals surface area contributed by atoms with E-state index in [1.807, 2.05) is 0 Å². The van der Waals surface area contributed by atoms with E-state index in [2.05, 4.69) is 47.7 Å². The maximum Gasteiger partial charge on any atom is 0.192 e. The minimum Gasteiger partial charge on any atom is -0.413 e. The van der Waals surface area contributed by atoms with E-state index in [1.165, 1.54) is 44.9 Å². The van der Waals surface area contributed by atoms with Gasteiger partial charge in [0.25, 0.3) is 0 Å². The van der Waals surface area contributed by atoms with Gasteiger partial charge in [0.1, 0.15) is 0 Å². The van der Waals surface area contributed by atoms with Crippen molar-refractivity contribution in [2.75, 3.05) is 0 Å². The van der Waals surface area contributed by atoms with E-state index in [9.17, 15) is 5.11 Å². The van der Waals surface area contributed by atoms with Crippen LogP contribution in [0.3, 0.4) is 0 Å². The van der Waals surface area contributed by atoms with Crippen molar-refractivity contribution in [1.29, 1.82) is 0 Å². The van der Waals surface area contributed by atoms with Crippen molar-refractivity contribution < 1.29 is 9.53 Å². The number of aliphatic hydroxyl groups is 1. The van der Waals surface area contributed by atoms with Gasteiger partial charge >= 0.3 is 0 Å². The summed E-state index contributed by atoms with van der Waals surface area (Å²) in [5.74, 6) is 3.43. The van der Waals surface area contributed by atoms with Crippen molar-refractivity contribution in [1.82, 2.24) is 0 Å². The third kappa shape index (κ3) is 3.17. The second kappa shape index (κ2) is 6.82.